The molecule has 0 aliphatic heterocycles. The van der Waals surface area contributed by atoms with Crippen LogP contribution in [-0.2, 0) is 0 Å². The maximum Gasteiger partial charge on any atom is 0.205 e. The molecule has 1 aromatic heterocycles. The van der Waals surface area contributed by atoms with Crippen molar-refractivity contribution in [3.63, 3.8) is 0 Å². The van der Waals surface area contributed by atoms with Crippen LogP contribution in [0.5, 0.6) is 0 Å². The van der Waals surface area contributed by atoms with E-state index in [1.165, 1.54) is 6.07 Å². The van der Waals surface area contributed by atoms with Crippen LogP contribution in [0.3, 0.4) is 0 Å². The smallest absolute Gasteiger partial charge is 0.205 e. The number of imidazole rings is 1. The first-order chi connectivity index (χ1) is 10.0. The van der Waals surface area contributed by atoms with Gasteiger partial charge < -0.3 is 5.73 Å². The van der Waals surface area contributed by atoms with Crippen molar-refractivity contribution in [2.45, 2.75) is 13.8 Å². The maximum absolute atomic E-state index is 13.7. The zero-order valence-electron chi connectivity index (χ0n) is 11.7. The minimum Gasteiger partial charge on any atom is -0.369 e. The third-order valence-corrected chi connectivity index (χ3v) is 3.54. The van der Waals surface area contributed by atoms with Crippen molar-refractivity contribution in [2.75, 3.05) is 5.73 Å². The van der Waals surface area contributed by atoms with Crippen LogP contribution in [-0.4, -0.2) is 9.55 Å². The Morgan fingerprint density at radius 1 is 1.19 bits per heavy atom. The Hall–Kier alpha value is -2.87. The number of aromatic nitrogens is 2. The monoisotopic (exact) mass is 280 g/mol. The fourth-order valence-electron chi connectivity index (χ4n) is 2.39. The molecule has 0 saturated carbocycles. The lowest BCUT2D eigenvalue weighted by Gasteiger charge is -2.10. The van der Waals surface area contributed by atoms with Crippen LogP contribution < -0.4 is 5.73 Å². The first kappa shape index (κ1) is 13.1. The van der Waals surface area contributed by atoms with E-state index in [1.54, 1.807) is 29.7 Å². The van der Waals surface area contributed by atoms with E-state index in [0.717, 1.165) is 16.8 Å². The Morgan fingerprint density at radius 2 is 1.95 bits per heavy atom. The summed E-state index contributed by atoms with van der Waals surface area (Å²) in [5.41, 5.74) is 10.0. The van der Waals surface area contributed by atoms with Crippen molar-refractivity contribution in [1.82, 2.24) is 9.55 Å². The quantitative estimate of drug-likeness (QED) is 0.744. The maximum atomic E-state index is 13.7. The van der Waals surface area contributed by atoms with E-state index in [1.807, 2.05) is 13.0 Å². The van der Waals surface area contributed by atoms with E-state index in [4.69, 9.17) is 11.0 Å². The molecule has 104 valence electrons. The highest BCUT2D eigenvalue weighted by Crippen LogP contribution is 2.27. The van der Waals surface area contributed by atoms with Crippen LogP contribution in [0.4, 0.5) is 10.3 Å². The number of anilines is 1. The summed E-state index contributed by atoms with van der Waals surface area (Å²) >= 11 is 0. The van der Waals surface area contributed by atoms with Crippen LogP contribution in [0.25, 0.3) is 16.7 Å². The number of aryl methyl sites for hydroxylation is 2. The van der Waals surface area contributed by atoms with Crippen molar-refractivity contribution < 1.29 is 4.39 Å². The van der Waals surface area contributed by atoms with Gasteiger partial charge >= 0.3 is 0 Å². The zero-order valence-corrected chi connectivity index (χ0v) is 11.7. The Morgan fingerprint density at radius 3 is 2.67 bits per heavy atom. The molecule has 0 atom stereocenters. The number of halogens is 1. The minimum atomic E-state index is -0.311. The Labute approximate surface area is 121 Å². The van der Waals surface area contributed by atoms with Crippen LogP contribution in [0.15, 0.2) is 30.3 Å². The number of nitrogens with zero attached hydrogens (tertiary/aromatic N) is 3. The molecule has 4 nitrogen and oxygen atoms in total. The van der Waals surface area contributed by atoms with Gasteiger partial charge in [-0.25, -0.2) is 9.37 Å². The standard InChI is InChI=1S/C16H13FN4/c1-9-3-4-11(8-18)6-14(9)21-15-5-10(2)12(17)7-13(15)20-16(21)19/h3-7H,1-2H3,(H2,19,20). The van der Waals surface area contributed by atoms with E-state index in [-0.39, 0.29) is 11.8 Å². The number of hydrogen-bond acceptors (Lipinski definition) is 3. The van der Waals surface area contributed by atoms with Crippen LogP contribution in [0.1, 0.15) is 16.7 Å². The summed E-state index contributed by atoms with van der Waals surface area (Å²) < 4.78 is 15.4. The van der Waals surface area contributed by atoms with Crippen molar-refractivity contribution in [3.05, 3.63) is 52.8 Å². The molecule has 21 heavy (non-hydrogen) atoms. The lowest BCUT2D eigenvalue weighted by Crippen LogP contribution is -2.03. The molecule has 2 aromatic carbocycles. The summed E-state index contributed by atoms with van der Waals surface area (Å²) in [5.74, 6) is -0.0390. The van der Waals surface area contributed by atoms with E-state index >= 15 is 0 Å². The summed E-state index contributed by atoms with van der Waals surface area (Å²) in [4.78, 5) is 4.21. The first-order valence-corrected chi connectivity index (χ1v) is 6.46. The van der Waals surface area contributed by atoms with Gasteiger partial charge in [0.2, 0.25) is 5.95 Å². The van der Waals surface area contributed by atoms with Crippen molar-refractivity contribution in [2.24, 2.45) is 0 Å². The average molecular weight is 280 g/mol. The van der Waals surface area contributed by atoms with E-state index in [9.17, 15) is 4.39 Å². The third-order valence-electron chi connectivity index (χ3n) is 3.54. The predicted molar refractivity (Wildman–Crippen MR) is 79.6 cm³/mol. The highest BCUT2D eigenvalue weighted by atomic mass is 19.1. The summed E-state index contributed by atoms with van der Waals surface area (Å²) in [6.07, 6.45) is 0. The molecule has 5 heteroatoms. The molecule has 3 rings (SSSR count). The molecule has 0 radical (unpaired) electrons. The van der Waals surface area contributed by atoms with Gasteiger partial charge in [0, 0.05) is 6.07 Å². The molecule has 1 heterocycles. The summed E-state index contributed by atoms with van der Waals surface area (Å²) in [6, 6.07) is 10.6. The predicted octanol–water partition coefficient (Wildman–Crippen LogP) is 3.24. The summed E-state index contributed by atoms with van der Waals surface area (Å²) in [6.45, 7) is 3.62. The number of nitrogen functional groups attached to an aromatic ring is 1. The minimum absolute atomic E-state index is 0.271. The first-order valence-electron chi connectivity index (χ1n) is 6.46. The SMILES string of the molecule is Cc1cc2c(cc1F)nc(N)n2-c1cc(C#N)ccc1C. The van der Waals surface area contributed by atoms with E-state index in [2.05, 4.69) is 11.1 Å². The Kier molecular flexibility index (Phi) is 2.88. The second-order valence-corrected chi connectivity index (χ2v) is 5.01. The summed E-state index contributed by atoms with van der Waals surface area (Å²) in [5, 5.41) is 9.06. The normalized spacial score (nSPS) is 10.8. The molecule has 0 fully saturated rings. The average Bonchev–Trinajstić information content (AvgIpc) is 2.75. The van der Waals surface area contributed by atoms with Gasteiger partial charge in [0.25, 0.3) is 0 Å². The number of benzene rings is 2. The number of fused-ring (bicyclic) bond motifs is 1. The van der Waals surface area contributed by atoms with E-state index in [0.29, 0.717) is 16.6 Å². The molecule has 0 saturated heterocycles. The molecule has 3 aromatic rings. The topological polar surface area (TPSA) is 67.6 Å². The van der Waals surface area contributed by atoms with Crippen molar-refractivity contribution >= 4 is 17.0 Å². The van der Waals surface area contributed by atoms with Gasteiger partial charge in [-0.1, -0.05) is 6.07 Å². The number of nitriles is 1. The second-order valence-electron chi connectivity index (χ2n) is 5.01. The fraction of sp³-hybridized carbons (Fsp3) is 0.125. The second kappa shape index (κ2) is 4.60. The van der Waals surface area contributed by atoms with Gasteiger partial charge in [-0.15, -0.1) is 0 Å². The van der Waals surface area contributed by atoms with Crippen molar-refractivity contribution in [1.29, 1.82) is 5.26 Å². The Balaban J connectivity index is 2.38. The molecular weight excluding hydrogens is 267 g/mol. The number of rotatable bonds is 1. The van der Waals surface area contributed by atoms with Crippen molar-refractivity contribution in [3.8, 4) is 11.8 Å². The highest BCUT2D eigenvalue weighted by molar-refractivity contribution is 5.82. The van der Waals surface area contributed by atoms with E-state index < -0.39 is 0 Å². The molecular formula is C16H13FN4. The summed E-state index contributed by atoms with van der Waals surface area (Å²) in [7, 11) is 0. The van der Waals surface area contributed by atoms with Gasteiger partial charge in [-0.2, -0.15) is 5.26 Å². The van der Waals surface area contributed by atoms with Gasteiger partial charge in [0.15, 0.2) is 0 Å². The number of nitrogens with two attached hydrogens (primary N) is 1. The molecule has 0 bridgehead atoms. The Bertz CT molecular complexity index is 903. The molecule has 0 aliphatic carbocycles. The fourth-order valence-corrected chi connectivity index (χ4v) is 2.39. The molecule has 0 spiro atoms. The lowest BCUT2D eigenvalue weighted by atomic mass is 10.1. The van der Waals surface area contributed by atoms with Crippen LogP contribution >= 0.6 is 0 Å². The van der Waals surface area contributed by atoms with Gasteiger partial charge in [0.1, 0.15) is 5.82 Å². The van der Waals surface area contributed by atoms with Crippen LogP contribution in [0.2, 0.25) is 0 Å². The highest BCUT2D eigenvalue weighted by Gasteiger charge is 2.14. The molecule has 0 aliphatic rings. The lowest BCUT2D eigenvalue weighted by molar-refractivity contribution is 0.620. The molecule has 0 unspecified atom stereocenters. The zero-order chi connectivity index (χ0) is 15.1. The van der Waals surface area contributed by atoms with Gasteiger partial charge in [-0.3, -0.25) is 4.57 Å². The number of hydrogen-bond donors (Lipinski definition) is 1. The van der Waals surface area contributed by atoms with Crippen LogP contribution in [0, 0.1) is 31.0 Å². The largest absolute Gasteiger partial charge is 0.369 e. The molecule has 0 amide bonds. The third kappa shape index (κ3) is 2.01. The van der Waals surface area contributed by atoms with Gasteiger partial charge in [0.05, 0.1) is 28.4 Å². The van der Waals surface area contributed by atoms with Gasteiger partial charge in [-0.05, 0) is 43.2 Å². The molecule has 2 N–H and O–H groups in total.